The standard InChI is InChI=1S/C15H27N3O5S/c19-13-6-5-9-18(12-13)15(21)14(20)17-8-4-2-1-3-7-16-24(22,23)11-10-17/h13,16,19H,1-12H2/t13-/m0/s1. The van der Waals surface area contributed by atoms with Gasteiger partial charge in [-0.15, -0.1) is 0 Å². The first-order valence-corrected chi connectivity index (χ1v) is 10.3. The summed E-state index contributed by atoms with van der Waals surface area (Å²) in [5.74, 6) is -1.51. The molecule has 138 valence electrons. The average Bonchev–Trinajstić information content (AvgIpc) is 2.58. The highest BCUT2D eigenvalue weighted by molar-refractivity contribution is 7.89. The molecule has 8 nitrogen and oxygen atoms in total. The maximum absolute atomic E-state index is 12.5. The number of carbonyl (C=O) groups excluding carboxylic acids is 2. The maximum atomic E-state index is 12.5. The van der Waals surface area contributed by atoms with E-state index in [2.05, 4.69) is 4.72 Å². The summed E-state index contributed by atoms with van der Waals surface area (Å²) >= 11 is 0. The van der Waals surface area contributed by atoms with Gasteiger partial charge < -0.3 is 14.9 Å². The Bertz CT molecular complexity index is 551. The van der Waals surface area contributed by atoms with Crippen LogP contribution in [0.15, 0.2) is 0 Å². The second-order valence-electron chi connectivity index (χ2n) is 6.47. The van der Waals surface area contributed by atoms with E-state index in [1.807, 2.05) is 0 Å². The number of carbonyl (C=O) groups is 2. The van der Waals surface area contributed by atoms with Crippen LogP contribution in [0.1, 0.15) is 38.5 Å². The molecule has 0 aliphatic carbocycles. The first kappa shape index (κ1) is 19.1. The minimum atomic E-state index is -3.43. The zero-order chi connectivity index (χ0) is 17.6. The van der Waals surface area contributed by atoms with Crippen molar-refractivity contribution in [3.63, 3.8) is 0 Å². The van der Waals surface area contributed by atoms with Crippen LogP contribution in [0, 0.1) is 0 Å². The second kappa shape index (κ2) is 8.77. The van der Waals surface area contributed by atoms with Gasteiger partial charge in [0.2, 0.25) is 10.0 Å². The molecule has 2 N–H and O–H groups in total. The van der Waals surface area contributed by atoms with Crippen molar-refractivity contribution in [1.29, 1.82) is 0 Å². The lowest BCUT2D eigenvalue weighted by molar-refractivity contribution is -0.153. The van der Waals surface area contributed by atoms with E-state index >= 15 is 0 Å². The first-order valence-electron chi connectivity index (χ1n) is 8.62. The third-order valence-corrected chi connectivity index (χ3v) is 5.82. The van der Waals surface area contributed by atoms with Crippen LogP contribution in [0.25, 0.3) is 0 Å². The minimum Gasteiger partial charge on any atom is -0.391 e. The fraction of sp³-hybridized carbons (Fsp3) is 0.867. The lowest BCUT2D eigenvalue weighted by atomic mass is 10.1. The van der Waals surface area contributed by atoms with Crippen molar-refractivity contribution in [1.82, 2.24) is 14.5 Å². The Hall–Kier alpha value is -1.19. The number of β-amino-alcohol motifs (C(OH)–C–C–N with tert-alkyl or cyclic N) is 1. The first-order chi connectivity index (χ1) is 11.4. The molecule has 2 saturated heterocycles. The van der Waals surface area contributed by atoms with E-state index in [4.69, 9.17) is 0 Å². The Morgan fingerprint density at radius 2 is 1.58 bits per heavy atom. The normalized spacial score (nSPS) is 26.5. The van der Waals surface area contributed by atoms with E-state index in [0.717, 1.165) is 25.7 Å². The lowest BCUT2D eigenvalue weighted by Crippen LogP contribution is -2.51. The quantitative estimate of drug-likeness (QED) is 0.555. The monoisotopic (exact) mass is 361 g/mol. The summed E-state index contributed by atoms with van der Waals surface area (Å²) in [6, 6.07) is 0. The highest BCUT2D eigenvalue weighted by Crippen LogP contribution is 2.12. The van der Waals surface area contributed by atoms with Crippen LogP contribution in [0.4, 0.5) is 0 Å². The van der Waals surface area contributed by atoms with Gasteiger partial charge in [-0.1, -0.05) is 12.8 Å². The summed E-state index contributed by atoms with van der Waals surface area (Å²) < 4.78 is 26.3. The Morgan fingerprint density at radius 3 is 2.33 bits per heavy atom. The molecule has 2 aliphatic heterocycles. The highest BCUT2D eigenvalue weighted by atomic mass is 32.2. The van der Waals surface area contributed by atoms with Gasteiger partial charge in [-0.25, -0.2) is 13.1 Å². The summed E-state index contributed by atoms with van der Waals surface area (Å²) in [7, 11) is -3.43. The number of sulfonamides is 1. The fourth-order valence-corrected chi connectivity index (χ4v) is 4.10. The van der Waals surface area contributed by atoms with E-state index in [1.165, 1.54) is 9.80 Å². The van der Waals surface area contributed by atoms with E-state index in [-0.39, 0.29) is 18.8 Å². The van der Waals surface area contributed by atoms with Gasteiger partial charge >= 0.3 is 11.8 Å². The Morgan fingerprint density at radius 1 is 0.917 bits per heavy atom. The summed E-state index contributed by atoms with van der Waals surface area (Å²) in [6.45, 7) is 1.43. The third-order valence-electron chi connectivity index (χ3n) is 4.46. The molecule has 0 saturated carbocycles. The molecule has 0 bridgehead atoms. The van der Waals surface area contributed by atoms with Crippen molar-refractivity contribution >= 4 is 21.8 Å². The Labute approximate surface area is 143 Å². The van der Waals surface area contributed by atoms with Crippen LogP contribution in [-0.4, -0.2) is 79.7 Å². The molecule has 2 rings (SSSR count). The molecule has 0 unspecified atom stereocenters. The molecular weight excluding hydrogens is 334 g/mol. The summed E-state index contributed by atoms with van der Waals surface area (Å²) in [5, 5.41) is 9.66. The van der Waals surface area contributed by atoms with Crippen molar-refractivity contribution in [2.24, 2.45) is 0 Å². The third kappa shape index (κ3) is 5.71. The molecule has 24 heavy (non-hydrogen) atoms. The van der Waals surface area contributed by atoms with E-state index in [0.29, 0.717) is 32.5 Å². The number of hydrogen-bond acceptors (Lipinski definition) is 5. The van der Waals surface area contributed by atoms with Crippen LogP contribution >= 0.6 is 0 Å². The van der Waals surface area contributed by atoms with Gasteiger partial charge in [0.15, 0.2) is 0 Å². The molecule has 2 aliphatic rings. The summed E-state index contributed by atoms with van der Waals surface area (Å²) in [4.78, 5) is 27.6. The molecule has 0 radical (unpaired) electrons. The van der Waals surface area contributed by atoms with Crippen molar-refractivity contribution in [2.45, 2.75) is 44.6 Å². The average molecular weight is 361 g/mol. The molecule has 1 atom stereocenters. The molecule has 2 heterocycles. The van der Waals surface area contributed by atoms with E-state index in [9.17, 15) is 23.1 Å². The van der Waals surface area contributed by atoms with Crippen molar-refractivity contribution < 1.29 is 23.1 Å². The zero-order valence-corrected chi connectivity index (χ0v) is 14.8. The summed E-state index contributed by atoms with van der Waals surface area (Å²) in [6.07, 6.45) is 4.00. The van der Waals surface area contributed by atoms with Crippen molar-refractivity contribution in [3.05, 3.63) is 0 Å². The van der Waals surface area contributed by atoms with Crippen molar-refractivity contribution in [3.8, 4) is 0 Å². The predicted octanol–water partition coefficient (Wildman–Crippen LogP) is -0.708. The number of hydrogen-bond donors (Lipinski definition) is 2. The Balaban J connectivity index is 2.01. The van der Waals surface area contributed by atoms with Crippen molar-refractivity contribution in [2.75, 3.05) is 38.5 Å². The Kier molecular flexibility index (Phi) is 7.00. The van der Waals surface area contributed by atoms with E-state index in [1.54, 1.807) is 0 Å². The molecule has 0 spiro atoms. The number of piperidine rings is 1. The topological polar surface area (TPSA) is 107 Å². The van der Waals surface area contributed by atoms with Gasteiger partial charge in [-0.2, -0.15) is 0 Å². The number of nitrogens with one attached hydrogen (secondary N) is 1. The molecule has 2 fully saturated rings. The number of nitrogens with zero attached hydrogens (tertiary/aromatic N) is 2. The highest BCUT2D eigenvalue weighted by Gasteiger charge is 2.30. The lowest BCUT2D eigenvalue weighted by Gasteiger charge is -2.31. The predicted molar refractivity (Wildman–Crippen MR) is 88.7 cm³/mol. The number of aliphatic hydroxyl groups excluding tert-OH is 1. The van der Waals surface area contributed by atoms with Gasteiger partial charge in [0, 0.05) is 32.7 Å². The van der Waals surface area contributed by atoms with Crippen LogP contribution < -0.4 is 4.72 Å². The smallest absolute Gasteiger partial charge is 0.312 e. The minimum absolute atomic E-state index is 0.0102. The number of aliphatic hydroxyl groups is 1. The SMILES string of the molecule is O=C(C(=O)N1CCC[C@H](O)C1)N1CCCCCCNS(=O)(=O)CC1. The molecule has 9 heteroatoms. The molecule has 0 aromatic heterocycles. The van der Waals surface area contributed by atoms with Crippen LogP contribution in [-0.2, 0) is 19.6 Å². The van der Waals surface area contributed by atoms with Crippen LogP contribution in [0.5, 0.6) is 0 Å². The van der Waals surface area contributed by atoms with Crippen LogP contribution in [0.2, 0.25) is 0 Å². The number of amides is 2. The van der Waals surface area contributed by atoms with Gasteiger partial charge in [0.1, 0.15) is 0 Å². The van der Waals surface area contributed by atoms with Gasteiger partial charge in [0.05, 0.1) is 11.9 Å². The number of likely N-dealkylation sites (tertiary alicyclic amines) is 1. The fourth-order valence-electron chi connectivity index (χ4n) is 3.04. The molecule has 2 amide bonds. The van der Waals surface area contributed by atoms with Gasteiger partial charge in [-0.3, -0.25) is 9.59 Å². The summed E-state index contributed by atoms with van der Waals surface area (Å²) in [5.41, 5.74) is 0. The second-order valence-corrected chi connectivity index (χ2v) is 8.39. The molecule has 0 aromatic rings. The number of rotatable bonds is 0. The van der Waals surface area contributed by atoms with Gasteiger partial charge in [0.25, 0.3) is 0 Å². The maximum Gasteiger partial charge on any atom is 0.312 e. The zero-order valence-electron chi connectivity index (χ0n) is 13.9. The van der Waals surface area contributed by atoms with Crippen LogP contribution in [0.3, 0.4) is 0 Å². The van der Waals surface area contributed by atoms with E-state index < -0.39 is 27.9 Å². The largest absolute Gasteiger partial charge is 0.391 e. The molecular formula is C15H27N3O5S. The van der Waals surface area contributed by atoms with Gasteiger partial charge in [-0.05, 0) is 25.7 Å². The molecule has 0 aromatic carbocycles.